The highest BCUT2D eigenvalue weighted by Gasteiger charge is 2.39. The molecule has 0 saturated heterocycles. The van der Waals surface area contributed by atoms with E-state index in [9.17, 15) is 4.57 Å². The third-order valence-electron chi connectivity index (χ3n) is 5.33. The predicted molar refractivity (Wildman–Crippen MR) is 149 cm³/mol. The van der Waals surface area contributed by atoms with Crippen LogP contribution < -0.4 is 0 Å². The van der Waals surface area contributed by atoms with Crippen LogP contribution in [0.25, 0.3) is 11.1 Å². The molecular weight excluding hydrogens is 493 g/mol. The van der Waals surface area contributed by atoms with Gasteiger partial charge in [-0.05, 0) is 63.3 Å². The molecular formula is C27H42NO6PSi. The molecule has 0 amide bonds. The minimum atomic E-state index is -3.10. The highest BCUT2D eigenvalue weighted by molar-refractivity contribution is 7.53. The number of hydrogen-bond acceptors (Lipinski definition) is 7. The molecule has 0 aliphatic carbocycles. The predicted octanol–water partition coefficient (Wildman–Crippen LogP) is 6.98. The topological polar surface area (TPSA) is 75.6 Å². The fraction of sp³-hybridized carbons (Fsp3) is 0.519. The number of rotatable bonds is 18. The van der Waals surface area contributed by atoms with Crippen molar-refractivity contribution in [2.24, 2.45) is 4.99 Å². The van der Waals surface area contributed by atoms with Crippen LogP contribution in [0.2, 0.25) is 6.04 Å². The van der Waals surface area contributed by atoms with Crippen LogP contribution in [-0.4, -0.2) is 54.6 Å². The molecule has 0 bridgehead atoms. The third-order valence-corrected chi connectivity index (χ3v) is 10.5. The monoisotopic (exact) mass is 535 g/mol. The summed E-state index contributed by atoms with van der Waals surface area (Å²) in [6.07, 6.45) is 3.03. The summed E-state index contributed by atoms with van der Waals surface area (Å²) in [5, 5.41) is 0. The van der Waals surface area contributed by atoms with Crippen LogP contribution >= 0.6 is 7.60 Å². The first-order chi connectivity index (χ1) is 17.4. The maximum absolute atomic E-state index is 12.8. The Bertz CT molecular complexity index is 925. The van der Waals surface area contributed by atoms with E-state index in [1.54, 1.807) is 0 Å². The Kier molecular flexibility index (Phi) is 13.8. The lowest BCUT2D eigenvalue weighted by Gasteiger charge is -2.28. The van der Waals surface area contributed by atoms with Gasteiger partial charge in [0.25, 0.3) is 0 Å². The molecule has 0 aromatic heterocycles. The summed E-state index contributed by atoms with van der Waals surface area (Å²) >= 11 is 0. The van der Waals surface area contributed by atoms with E-state index in [0.717, 1.165) is 34.7 Å². The van der Waals surface area contributed by atoms with Crippen molar-refractivity contribution in [3.05, 3.63) is 59.7 Å². The van der Waals surface area contributed by atoms with Crippen molar-refractivity contribution in [2.45, 2.75) is 53.2 Å². The standard InChI is InChI=1S/C27H42NO6PSi/c1-6-30-35(29,31-7-2)23-25-14-18-27(19-15-25)26-16-12-24(13-17-26)22-28-20-11-21-36(32-8-3,33-9-4)34-10-5/h12-19,22H,6-11,20-21,23H2,1-5H3. The minimum absolute atomic E-state index is 0.272. The van der Waals surface area contributed by atoms with Crippen LogP contribution in [0.4, 0.5) is 0 Å². The number of hydrogen-bond donors (Lipinski definition) is 0. The van der Waals surface area contributed by atoms with Gasteiger partial charge in [-0.15, -0.1) is 0 Å². The van der Waals surface area contributed by atoms with Gasteiger partial charge in [0, 0.05) is 38.6 Å². The Morgan fingerprint density at radius 2 is 1.25 bits per heavy atom. The first-order valence-electron chi connectivity index (χ1n) is 12.9. The Morgan fingerprint density at radius 3 is 1.72 bits per heavy atom. The molecule has 2 aromatic rings. The molecule has 200 valence electrons. The highest BCUT2D eigenvalue weighted by Crippen LogP contribution is 2.51. The van der Waals surface area contributed by atoms with E-state index in [1.807, 2.05) is 65.1 Å². The summed E-state index contributed by atoms with van der Waals surface area (Å²) in [6, 6.07) is 17.1. The van der Waals surface area contributed by atoms with Crippen molar-refractivity contribution in [1.82, 2.24) is 0 Å². The zero-order valence-corrected chi connectivity index (χ0v) is 24.3. The lowest BCUT2D eigenvalue weighted by molar-refractivity contribution is 0.0710. The summed E-state index contributed by atoms with van der Waals surface area (Å²) in [5.74, 6) is 0. The molecule has 0 saturated carbocycles. The van der Waals surface area contributed by atoms with Gasteiger partial charge < -0.3 is 22.3 Å². The number of nitrogens with zero attached hydrogens (tertiary/aromatic N) is 1. The molecule has 9 heteroatoms. The smallest absolute Gasteiger partial charge is 0.374 e. The minimum Gasteiger partial charge on any atom is -0.374 e. The molecule has 0 heterocycles. The first kappa shape index (κ1) is 30.6. The molecule has 0 spiro atoms. The molecule has 36 heavy (non-hydrogen) atoms. The summed E-state index contributed by atoms with van der Waals surface area (Å²) in [6.45, 7) is 12.7. The van der Waals surface area contributed by atoms with Crippen molar-refractivity contribution in [2.75, 3.05) is 39.6 Å². The van der Waals surface area contributed by atoms with Crippen LogP contribution in [-0.2, 0) is 33.1 Å². The molecule has 2 rings (SSSR count). The largest absolute Gasteiger partial charge is 0.500 e. The van der Waals surface area contributed by atoms with Crippen LogP contribution in [0.5, 0.6) is 0 Å². The lowest BCUT2D eigenvalue weighted by Crippen LogP contribution is -2.46. The van der Waals surface area contributed by atoms with E-state index in [4.69, 9.17) is 22.3 Å². The Balaban J connectivity index is 1.92. The zero-order valence-electron chi connectivity index (χ0n) is 22.4. The van der Waals surface area contributed by atoms with Gasteiger partial charge in [0.05, 0.1) is 19.4 Å². The fourth-order valence-electron chi connectivity index (χ4n) is 3.87. The van der Waals surface area contributed by atoms with Crippen molar-refractivity contribution in [3.8, 4) is 11.1 Å². The molecule has 2 aromatic carbocycles. The van der Waals surface area contributed by atoms with Gasteiger partial charge in [-0.1, -0.05) is 48.5 Å². The van der Waals surface area contributed by atoms with Gasteiger partial charge in [-0.3, -0.25) is 9.56 Å². The average molecular weight is 536 g/mol. The van der Waals surface area contributed by atoms with E-state index in [2.05, 4.69) is 29.3 Å². The van der Waals surface area contributed by atoms with Crippen LogP contribution in [0.3, 0.4) is 0 Å². The SMILES string of the molecule is CCO[Si](CCCN=Cc1ccc(-c2ccc(CP(=O)(OCC)OCC)cc2)cc1)(OCC)OCC. The van der Waals surface area contributed by atoms with Gasteiger partial charge in [0.1, 0.15) is 0 Å². The average Bonchev–Trinajstić information content (AvgIpc) is 2.85. The first-order valence-corrected chi connectivity index (χ1v) is 16.6. The van der Waals surface area contributed by atoms with Crippen molar-refractivity contribution >= 4 is 22.6 Å². The van der Waals surface area contributed by atoms with Gasteiger partial charge in [-0.2, -0.15) is 0 Å². The van der Waals surface area contributed by atoms with Gasteiger partial charge >= 0.3 is 16.4 Å². The normalized spacial score (nSPS) is 12.5. The Labute approximate surface area is 218 Å². The van der Waals surface area contributed by atoms with Crippen molar-refractivity contribution in [3.63, 3.8) is 0 Å². The van der Waals surface area contributed by atoms with E-state index >= 15 is 0 Å². The molecule has 0 N–H and O–H groups in total. The second-order valence-corrected chi connectivity index (χ2v) is 12.8. The van der Waals surface area contributed by atoms with Crippen molar-refractivity contribution < 1.29 is 26.9 Å². The molecule has 0 atom stereocenters. The third kappa shape index (κ3) is 10.0. The summed E-state index contributed by atoms with van der Waals surface area (Å²) in [4.78, 5) is 4.58. The molecule has 0 fully saturated rings. The summed E-state index contributed by atoms with van der Waals surface area (Å²) in [7, 11) is -5.70. The van der Waals surface area contributed by atoms with Gasteiger partial charge in [0.15, 0.2) is 0 Å². The van der Waals surface area contributed by atoms with E-state index in [0.29, 0.717) is 39.6 Å². The molecule has 0 radical (unpaired) electrons. The van der Waals surface area contributed by atoms with Crippen LogP contribution in [0.15, 0.2) is 53.5 Å². The fourth-order valence-corrected chi connectivity index (χ4v) is 8.16. The molecule has 0 aliphatic heterocycles. The van der Waals surface area contributed by atoms with E-state index in [-0.39, 0.29) is 6.16 Å². The summed E-state index contributed by atoms with van der Waals surface area (Å²) < 4.78 is 41.3. The number of aliphatic imine (C=N–C) groups is 1. The van der Waals surface area contributed by atoms with Crippen LogP contribution in [0, 0.1) is 0 Å². The zero-order chi connectivity index (χ0) is 26.3. The van der Waals surface area contributed by atoms with E-state index < -0.39 is 16.4 Å². The maximum Gasteiger partial charge on any atom is 0.500 e. The summed E-state index contributed by atoms with van der Waals surface area (Å²) in [5.41, 5.74) is 4.18. The number of benzene rings is 2. The van der Waals surface area contributed by atoms with Crippen molar-refractivity contribution in [1.29, 1.82) is 0 Å². The highest BCUT2D eigenvalue weighted by atomic mass is 31.2. The quantitative estimate of drug-likeness (QED) is 0.0887. The molecule has 0 unspecified atom stereocenters. The molecule has 0 aliphatic rings. The Morgan fingerprint density at radius 1 is 0.750 bits per heavy atom. The van der Waals surface area contributed by atoms with Gasteiger partial charge in [-0.25, -0.2) is 0 Å². The van der Waals surface area contributed by atoms with Gasteiger partial charge in [0.2, 0.25) is 0 Å². The van der Waals surface area contributed by atoms with E-state index in [1.165, 1.54) is 0 Å². The maximum atomic E-state index is 12.8. The second-order valence-electron chi connectivity index (χ2n) is 8.04. The Hall–Kier alpha value is -1.64. The van der Waals surface area contributed by atoms with Crippen LogP contribution in [0.1, 0.15) is 52.2 Å². The lowest BCUT2D eigenvalue weighted by atomic mass is 10.0. The molecule has 7 nitrogen and oxygen atoms in total. The second kappa shape index (κ2) is 16.3.